The molecule has 29 heavy (non-hydrogen) atoms. The Labute approximate surface area is 166 Å². The van der Waals surface area contributed by atoms with Gasteiger partial charge in [0.25, 0.3) is 0 Å². The first kappa shape index (κ1) is 19.8. The van der Waals surface area contributed by atoms with E-state index in [-0.39, 0.29) is 13.0 Å². The second-order valence-corrected chi connectivity index (χ2v) is 6.31. The first-order valence-corrected chi connectivity index (χ1v) is 9.00. The van der Waals surface area contributed by atoms with E-state index in [0.717, 1.165) is 12.0 Å². The molecule has 0 aliphatic heterocycles. The van der Waals surface area contributed by atoms with Crippen LogP contribution in [0.15, 0.2) is 57.7 Å². The molecule has 1 amide bonds. The molecule has 0 aliphatic carbocycles. The van der Waals surface area contributed by atoms with Gasteiger partial charge in [0.05, 0.1) is 11.6 Å². The second-order valence-electron chi connectivity index (χ2n) is 6.31. The summed E-state index contributed by atoms with van der Waals surface area (Å²) in [6.07, 6.45) is 0.564. The van der Waals surface area contributed by atoms with Crippen molar-refractivity contribution >= 4 is 28.5 Å². The summed E-state index contributed by atoms with van der Waals surface area (Å²) in [4.78, 5) is 35.6. The Morgan fingerprint density at radius 2 is 1.90 bits per heavy atom. The molecule has 0 spiro atoms. The van der Waals surface area contributed by atoms with Crippen LogP contribution in [0.4, 0.5) is 5.69 Å². The zero-order valence-electron chi connectivity index (χ0n) is 15.7. The third-order valence-electron chi connectivity index (χ3n) is 4.31. The molecule has 7 heteroatoms. The molecule has 0 atom stereocenters. The third kappa shape index (κ3) is 4.87. The Kier molecular flexibility index (Phi) is 6.05. The normalized spacial score (nSPS) is 10.3. The van der Waals surface area contributed by atoms with Crippen molar-refractivity contribution in [3.8, 4) is 6.07 Å². The van der Waals surface area contributed by atoms with Crippen molar-refractivity contribution < 1.29 is 18.7 Å². The fourth-order valence-electron chi connectivity index (χ4n) is 2.81. The van der Waals surface area contributed by atoms with E-state index in [0.29, 0.717) is 27.8 Å². The quantitative estimate of drug-likeness (QED) is 0.509. The van der Waals surface area contributed by atoms with Gasteiger partial charge >= 0.3 is 11.6 Å². The standard InChI is InChI=1S/C22H18N2O5/c1-2-14-3-8-18-16(12-21(26)29-19(18)11-14)13-28-22(27)15-4-6-17(7-5-15)24-20(25)9-10-23/h3-8,11-12H,2,9,13H2,1H3,(H,24,25). The van der Waals surface area contributed by atoms with E-state index in [9.17, 15) is 14.4 Å². The number of anilines is 1. The number of rotatable bonds is 6. The first-order chi connectivity index (χ1) is 14.0. The van der Waals surface area contributed by atoms with Crippen LogP contribution in [0, 0.1) is 11.3 Å². The number of carbonyl (C=O) groups excluding carboxylic acids is 2. The summed E-state index contributed by atoms with van der Waals surface area (Å²) in [5.41, 5.74) is 2.32. The van der Waals surface area contributed by atoms with Crippen molar-refractivity contribution in [2.24, 2.45) is 0 Å². The van der Waals surface area contributed by atoms with Crippen molar-refractivity contribution in [3.05, 3.63) is 75.6 Å². The molecule has 0 fully saturated rings. The third-order valence-corrected chi connectivity index (χ3v) is 4.31. The van der Waals surface area contributed by atoms with Crippen molar-refractivity contribution in [2.45, 2.75) is 26.4 Å². The maximum atomic E-state index is 12.3. The Morgan fingerprint density at radius 3 is 2.59 bits per heavy atom. The first-order valence-electron chi connectivity index (χ1n) is 9.00. The summed E-state index contributed by atoms with van der Waals surface area (Å²) in [5.74, 6) is -0.990. The van der Waals surface area contributed by atoms with E-state index in [2.05, 4.69) is 5.32 Å². The minimum Gasteiger partial charge on any atom is -0.457 e. The van der Waals surface area contributed by atoms with Gasteiger partial charge in [-0.15, -0.1) is 0 Å². The molecule has 0 unspecified atom stereocenters. The molecule has 3 rings (SSSR count). The molecule has 146 valence electrons. The molecular weight excluding hydrogens is 372 g/mol. The highest BCUT2D eigenvalue weighted by molar-refractivity contribution is 5.94. The highest BCUT2D eigenvalue weighted by atomic mass is 16.5. The van der Waals surface area contributed by atoms with Crippen LogP contribution in [0.1, 0.15) is 34.8 Å². The zero-order chi connectivity index (χ0) is 20.8. The molecule has 3 aromatic rings. The van der Waals surface area contributed by atoms with Gasteiger partial charge in [-0.3, -0.25) is 4.79 Å². The molecule has 0 radical (unpaired) electrons. The predicted octanol–water partition coefficient (Wildman–Crippen LogP) is 3.56. The molecule has 0 saturated carbocycles. The number of benzene rings is 2. The Balaban J connectivity index is 1.71. The lowest BCUT2D eigenvalue weighted by Gasteiger charge is -2.09. The van der Waals surface area contributed by atoms with Crippen molar-refractivity contribution in [3.63, 3.8) is 0 Å². The average molecular weight is 390 g/mol. The number of hydrogen-bond donors (Lipinski definition) is 1. The number of nitriles is 1. The van der Waals surface area contributed by atoms with Gasteiger partial charge in [-0.2, -0.15) is 5.26 Å². The van der Waals surface area contributed by atoms with Gasteiger partial charge < -0.3 is 14.5 Å². The average Bonchev–Trinajstić information content (AvgIpc) is 2.71. The van der Waals surface area contributed by atoms with Crippen molar-refractivity contribution in [1.29, 1.82) is 5.26 Å². The lowest BCUT2D eigenvalue weighted by atomic mass is 10.1. The number of hydrogen-bond acceptors (Lipinski definition) is 6. The van der Waals surface area contributed by atoms with E-state index in [1.165, 1.54) is 18.2 Å². The molecule has 1 aromatic heterocycles. The summed E-state index contributed by atoms with van der Waals surface area (Å²) in [7, 11) is 0. The summed E-state index contributed by atoms with van der Waals surface area (Å²) in [5, 5.41) is 11.8. The van der Waals surface area contributed by atoms with Gasteiger partial charge in [-0.05, 0) is 42.3 Å². The van der Waals surface area contributed by atoms with Gasteiger partial charge in [0.2, 0.25) is 5.91 Å². The van der Waals surface area contributed by atoms with E-state index < -0.39 is 17.5 Å². The number of carbonyl (C=O) groups is 2. The number of nitrogens with one attached hydrogen (secondary N) is 1. The molecule has 0 bridgehead atoms. The number of esters is 1. The lowest BCUT2D eigenvalue weighted by molar-refractivity contribution is -0.115. The van der Waals surface area contributed by atoms with Gasteiger partial charge in [0.1, 0.15) is 18.6 Å². The summed E-state index contributed by atoms with van der Waals surface area (Å²) >= 11 is 0. The molecule has 0 saturated heterocycles. The van der Waals surface area contributed by atoms with Crippen LogP contribution in [-0.4, -0.2) is 11.9 Å². The SMILES string of the molecule is CCc1ccc2c(COC(=O)c3ccc(NC(=O)CC#N)cc3)cc(=O)oc2c1. The molecule has 2 aromatic carbocycles. The topological polar surface area (TPSA) is 109 Å². The molecule has 0 aliphatic rings. The van der Waals surface area contributed by atoms with Crippen LogP contribution in [0.5, 0.6) is 0 Å². The highest BCUT2D eigenvalue weighted by Crippen LogP contribution is 2.20. The van der Waals surface area contributed by atoms with E-state index in [4.69, 9.17) is 14.4 Å². The predicted molar refractivity (Wildman–Crippen MR) is 106 cm³/mol. The van der Waals surface area contributed by atoms with Crippen molar-refractivity contribution in [2.75, 3.05) is 5.32 Å². The highest BCUT2D eigenvalue weighted by Gasteiger charge is 2.12. The number of aryl methyl sites for hydroxylation is 1. The second kappa shape index (κ2) is 8.85. The van der Waals surface area contributed by atoms with Gasteiger partial charge in [0, 0.05) is 22.7 Å². The minimum atomic E-state index is -0.563. The van der Waals surface area contributed by atoms with Crippen molar-refractivity contribution in [1.82, 2.24) is 0 Å². The summed E-state index contributed by atoms with van der Waals surface area (Å²) < 4.78 is 10.6. The van der Waals surface area contributed by atoms with Gasteiger partial charge in [0.15, 0.2) is 0 Å². The van der Waals surface area contributed by atoms with Crippen LogP contribution in [0.25, 0.3) is 11.0 Å². The zero-order valence-corrected chi connectivity index (χ0v) is 15.7. The molecular formula is C22H18N2O5. The van der Waals surface area contributed by atoms with E-state index in [1.54, 1.807) is 24.3 Å². The van der Waals surface area contributed by atoms with Gasteiger partial charge in [-0.1, -0.05) is 19.1 Å². The maximum absolute atomic E-state index is 12.3. The number of nitrogens with zero attached hydrogens (tertiary/aromatic N) is 1. The Hall–Kier alpha value is -3.92. The Morgan fingerprint density at radius 1 is 1.14 bits per heavy atom. The fraction of sp³-hybridized carbons (Fsp3) is 0.182. The van der Waals surface area contributed by atoms with Crippen LogP contribution in [0.3, 0.4) is 0 Å². The monoisotopic (exact) mass is 390 g/mol. The number of ether oxygens (including phenoxy) is 1. The van der Waals surface area contributed by atoms with E-state index >= 15 is 0 Å². The summed E-state index contributed by atoms with van der Waals surface area (Å²) in [6, 6.07) is 14.8. The molecule has 7 nitrogen and oxygen atoms in total. The van der Waals surface area contributed by atoms with E-state index in [1.807, 2.05) is 19.1 Å². The smallest absolute Gasteiger partial charge is 0.338 e. The van der Waals surface area contributed by atoms with Crippen LogP contribution in [0.2, 0.25) is 0 Å². The number of amides is 1. The minimum absolute atomic E-state index is 0.0763. The Bertz CT molecular complexity index is 1160. The molecule has 1 N–H and O–H groups in total. The van der Waals surface area contributed by atoms with Crippen LogP contribution in [-0.2, 0) is 22.6 Å². The maximum Gasteiger partial charge on any atom is 0.338 e. The fourth-order valence-corrected chi connectivity index (χ4v) is 2.81. The summed E-state index contributed by atoms with van der Waals surface area (Å²) in [6.45, 7) is 1.93. The lowest BCUT2D eigenvalue weighted by Crippen LogP contribution is -2.11. The number of fused-ring (bicyclic) bond motifs is 1. The van der Waals surface area contributed by atoms with Gasteiger partial charge in [-0.25, -0.2) is 9.59 Å². The van der Waals surface area contributed by atoms with Crippen LogP contribution < -0.4 is 10.9 Å². The molecule has 1 heterocycles. The largest absolute Gasteiger partial charge is 0.457 e. The van der Waals surface area contributed by atoms with Crippen LogP contribution >= 0.6 is 0 Å².